The van der Waals surface area contributed by atoms with Crippen LogP contribution in [0.25, 0.3) is 0 Å². The largest absolute Gasteiger partial charge is 0.305 e. The van der Waals surface area contributed by atoms with Crippen LogP contribution >= 0.6 is 0 Å². The van der Waals surface area contributed by atoms with Crippen molar-refractivity contribution in [3.05, 3.63) is 0 Å². The van der Waals surface area contributed by atoms with Crippen molar-refractivity contribution in [1.29, 1.82) is 0 Å². The van der Waals surface area contributed by atoms with E-state index in [9.17, 15) is 0 Å². The summed E-state index contributed by atoms with van der Waals surface area (Å²) in [6.45, 7) is 10.4. The predicted octanol–water partition coefficient (Wildman–Crippen LogP) is 2.16. The summed E-state index contributed by atoms with van der Waals surface area (Å²) < 4.78 is 0. The maximum absolute atomic E-state index is 4.18. The second kappa shape index (κ2) is 3.59. The Bertz CT molecular complexity index is 120. The fourth-order valence-corrected chi connectivity index (χ4v) is 0.342. The minimum absolute atomic E-state index is 0.0937. The first kappa shape index (κ1) is 9.47. The highest BCUT2D eigenvalue weighted by molar-refractivity contribution is 5.81. The summed E-state index contributed by atoms with van der Waals surface area (Å²) in [6.07, 6.45) is 1.02. The van der Waals surface area contributed by atoms with Gasteiger partial charge >= 0.3 is 0 Å². The molecule has 0 aliphatic heterocycles. The van der Waals surface area contributed by atoms with E-state index in [1.54, 1.807) is 0 Å². The van der Waals surface area contributed by atoms with Gasteiger partial charge in [-0.25, -0.2) is 0 Å². The number of nitrogens with one attached hydrogen (secondary N) is 1. The molecule has 0 radical (unpaired) electrons. The van der Waals surface area contributed by atoms with Crippen molar-refractivity contribution < 1.29 is 0 Å². The van der Waals surface area contributed by atoms with Crippen molar-refractivity contribution in [2.24, 2.45) is 5.10 Å². The molecule has 0 bridgehead atoms. The third kappa shape index (κ3) is 5.60. The number of nitrogens with zero attached hydrogens (tertiary/aromatic N) is 1. The molecule has 0 rings (SSSR count). The zero-order valence-corrected chi connectivity index (χ0v) is 7.65. The van der Waals surface area contributed by atoms with Gasteiger partial charge in [0.2, 0.25) is 0 Å². The molecule has 0 aromatic rings. The number of hydrogen-bond donors (Lipinski definition) is 1. The Labute approximate surface area is 63.7 Å². The molecule has 0 aromatic carbocycles. The summed E-state index contributed by atoms with van der Waals surface area (Å²) in [4.78, 5) is 0. The lowest BCUT2D eigenvalue weighted by Crippen LogP contribution is -2.31. The molecule has 2 nitrogen and oxygen atoms in total. The topological polar surface area (TPSA) is 24.4 Å². The molecule has 2 heteroatoms. The Morgan fingerprint density at radius 1 is 1.40 bits per heavy atom. The molecule has 0 atom stereocenters. The van der Waals surface area contributed by atoms with Crippen LogP contribution in [0, 0.1) is 0 Å². The summed E-state index contributed by atoms with van der Waals surface area (Å²) in [7, 11) is 0. The van der Waals surface area contributed by atoms with Crippen LogP contribution in [0.3, 0.4) is 0 Å². The fraction of sp³-hybridized carbons (Fsp3) is 0.875. The van der Waals surface area contributed by atoms with Crippen molar-refractivity contribution in [3.8, 4) is 0 Å². The van der Waals surface area contributed by atoms with Crippen molar-refractivity contribution in [3.63, 3.8) is 0 Å². The number of hydrazone groups is 1. The van der Waals surface area contributed by atoms with Gasteiger partial charge in [0.05, 0.1) is 0 Å². The molecule has 0 saturated carbocycles. The van der Waals surface area contributed by atoms with E-state index < -0.39 is 0 Å². The Balaban J connectivity index is 3.73. The maximum atomic E-state index is 4.18. The first-order valence-corrected chi connectivity index (χ1v) is 3.76. The van der Waals surface area contributed by atoms with Gasteiger partial charge in [0.1, 0.15) is 0 Å². The first-order chi connectivity index (χ1) is 4.45. The van der Waals surface area contributed by atoms with Crippen LogP contribution in [0.1, 0.15) is 41.0 Å². The Morgan fingerprint density at radius 3 is 2.20 bits per heavy atom. The van der Waals surface area contributed by atoms with Crippen LogP contribution in [-0.2, 0) is 0 Å². The minimum Gasteiger partial charge on any atom is -0.305 e. The number of rotatable bonds is 2. The van der Waals surface area contributed by atoms with E-state index in [1.165, 1.54) is 0 Å². The molecule has 0 unspecified atom stereocenters. The highest BCUT2D eigenvalue weighted by Gasteiger charge is 2.05. The zero-order valence-electron chi connectivity index (χ0n) is 7.65. The SMILES string of the molecule is CCC(C)=NNC(C)(C)C. The van der Waals surface area contributed by atoms with E-state index in [1.807, 2.05) is 6.92 Å². The van der Waals surface area contributed by atoms with Crippen LogP contribution in [-0.4, -0.2) is 11.3 Å². The lowest BCUT2D eigenvalue weighted by Gasteiger charge is -2.17. The van der Waals surface area contributed by atoms with Gasteiger partial charge in [0.15, 0.2) is 0 Å². The molecular formula is C8H18N2. The second-order valence-corrected chi connectivity index (χ2v) is 3.56. The average molecular weight is 142 g/mol. The van der Waals surface area contributed by atoms with Gasteiger partial charge in [0.25, 0.3) is 0 Å². The normalized spacial score (nSPS) is 13.5. The van der Waals surface area contributed by atoms with Gasteiger partial charge in [-0.1, -0.05) is 6.92 Å². The van der Waals surface area contributed by atoms with Crippen molar-refractivity contribution >= 4 is 5.71 Å². The molecule has 0 fully saturated rings. The zero-order chi connectivity index (χ0) is 8.20. The Kier molecular flexibility index (Phi) is 3.40. The third-order valence-corrected chi connectivity index (χ3v) is 1.09. The van der Waals surface area contributed by atoms with Gasteiger partial charge < -0.3 is 5.43 Å². The summed E-state index contributed by atoms with van der Waals surface area (Å²) in [5.74, 6) is 0. The highest BCUT2D eigenvalue weighted by atomic mass is 15.3. The molecule has 0 saturated heterocycles. The van der Waals surface area contributed by atoms with Gasteiger partial charge in [-0.15, -0.1) is 0 Å². The summed E-state index contributed by atoms with van der Waals surface area (Å²) in [5.41, 5.74) is 4.30. The molecule has 0 aliphatic rings. The van der Waals surface area contributed by atoms with Crippen LogP contribution in [0.5, 0.6) is 0 Å². The summed E-state index contributed by atoms with van der Waals surface area (Å²) >= 11 is 0. The monoisotopic (exact) mass is 142 g/mol. The lowest BCUT2D eigenvalue weighted by molar-refractivity contribution is 0.440. The standard InChI is InChI=1S/C8H18N2/c1-6-7(2)9-10-8(3,4)5/h10H,6H2,1-5H3. The Morgan fingerprint density at radius 2 is 1.90 bits per heavy atom. The average Bonchev–Trinajstić information content (AvgIpc) is 1.81. The number of hydrogen-bond acceptors (Lipinski definition) is 2. The molecule has 0 spiro atoms. The molecule has 10 heavy (non-hydrogen) atoms. The van der Waals surface area contributed by atoms with Crippen LogP contribution in [0.4, 0.5) is 0 Å². The molecule has 0 amide bonds. The summed E-state index contributed by atoms with van der Waals surface area (Å²) in [6, 6.07) is 0. The minimum atomic E-state index is 0.0937. The first-order valence-electron chi connectivity index (χ1n) is 3.76. The van der Waals surface area contributed by atoms with Gasteiger partial charge in [0, 0.05) is 11.3 Å². The molecule has 60 valence electrons. The van der Waals surface area contributed by atoms with E-state index in [2.05, 4.69) is 38.2 Å². The second-order valence-electron chi connectivity index (χ2n) is 3.56. The van der Waals surface area contributed by atoms with Crippen molar-refractivity contribution in [2.75, 3.05) is 0 Å². The third-order valence-electron chi connectivity index (χ3n) is 1.09. The van der Waals surface area contributed by atoms with Gasteiger partial charge in [-0.05, 0) is 34.1 Å². The lowest BCUT2D eigenvalue weighted by atomic mass is 10.1. The predicted molar refractivity (Wildman–Crippen MR) is 46.3 cm³/mol. The van der Waals surface area contributed by atoms with Gasteiger partial charge in [-0.2, -0.15) is 5.10 Å². The van der Waals surface area contributed by atoms with E-state index in [-0.39, 0.29) is 5.54 Å². The van der Waals surface area contributed by atoms with E-state index >= 15 is 0 Å². The van der Waals surface area contributed by atoms with Crippen LogP contribution < -0.4 is 5.43 Å². The van der Waals surface area contributed by atoms with E-state index in [0.29, 0.717) is 0 Å². The van der Waals surface area contributed by atoms with Crippen LogP contribution in [0.2, 0.25) is 0 Å². The summed E-state index contributed by atoms with van der Waals surface area (Å²) in [5, 5.41) is 4.18. The van der Waals surface area contributed by atoms with Crippen LogP contribution in [0.15, 0.2) is 5.10 Å². The molecule has 0 aromatic heterocycles. The van der Waals surface area contributed by atoms with Gasteiger partial charge in [-0.3, -0.25) is 0 Å². The molecular weight excluding hydrogens is 124 g/mol. The smallest absolute Gasteiger partial charge is 0.0464 e. The maximum Gasteiger partial charge on any atom is 0.0464 e. The highest BCUT2D eigenvalue weighted by Crippen LogP contribution is 1.98. The van der Waals surface area contributed by atoms with E-state index in [0.717, 1.165) is 12.1 Å². The van der Waals surface area contributed by atoms with Crippen molar-refractivity contribution in [2.45, 2.75) is 46.6 Å². The fourth-order valence-electron chi connectivity index (χ4n) is 0.342. The Hall–Kier alpha value is -0.530. The quantitative estimate of drug-likeness (QED) is 0.463. The molecule has 0 aliphatic carbocycles. The van der Waals surface area contributed by atoms with Crippen molar-refractivity contribution in [1.82, 2.24) is 5.43 Å². The van der Waals surface area contributed by atoms with E-state index in [4.69, 9.17) is 0 Å². The molecule has 1 N–H and O–H groups in total. The molecule has 0 heterocycles.